The smallest absolute Gasteiger partial charge is 0.303 e. The van der Waals surface area contributed by atoms with E-state index in [0.717, 1.165) is 33.4 Å². The van der Waals surface area contributed by atoms with Crippen LogP contribution in [0.5, 0.6) is 0 Å². The third kappa shape index (κ3) is 16.1. The van der Waals surface area contributed by atoms with Crippen molar-refractivity contribution >= 4 is 15.6 Å². The summed E-state index contributed by atoms with van der Waals surface area (Å²) in [6, 6.07) is 0. The summed E-state index contributed by atoms with van der Waals surface area (Å²) < 4.78 is 32.6. The van der Waals surface area contributed by atoms with Crippen molar-refractivity contribution in [1.82, 2.24) is 0 Å². The molecular weight excluding hydrogens is 670 g/mol. The first-order chi connectivity index (χ1) is 23.0. The molecule has 276 valence electrons. The van der Waals surface area contributed by atoms with Crippen molar-refractivity contribution in [2.45, 2.75) is 107 Å². The molecule has 0 radical (unpaired) electrons. The molecule has 2 atom stereocenters. The predicted octanol–water partition coefficient (Wildman–Crippen LogP) is 10.8. The number of phosphoric ester groups is 2. The van der Waals surface area contributed by atoms with Gasteiger partial charge in [0.2, 0.25) is 0 Å². The van der Waals surface area contributed by atoms with Gasteiger partial charge in [-0.2, -0.15) is 0 Å². The summed E-state index contributed by atoms with van der Waals surface area (Å²) in [4.78, 5) is 36.8. The minimum atomic E-state index is -4.52. The maximum Gasteiger partial charge on any atom is 0.469 e. The standard InChI is InChI=1S/C40H58O8P2/c1-29(17-13-19-31(3)21-23-37-33(5)25-35(27-39(37,7)8)47-49(41,42)43)15-11-12-16-30(2)18-14-20-32(4)22-24-38-34(6)26-36(28-40(38,9)10)48-50(44,45)46/h11-24,35-36H,25-28H2,1-10H3,(H2,41,42,43)(H2,44,45,46)/b12-11+,17-13+,18-14+,23-21+,24-22+,29-15+,30-16+,31-19+,32-20+. The molecule has 0 heterocycles. The Morgan fingerprint density at radius 3 is 1.18 bits per heavy atom. The molecular formula is C40H58O8P2. The van der Waals surface area contributed by atoms with Crippen molar-refractivity contribution < 1.29 is 37.8 Å². The van der Waals surface area contributed by atoms with Crippen LogP contribution in [0.15, 0.2) is 130 Å². The van der Waals surface area contributed by atoms with Crippen LogP contribution in [0, 0.1) is 10.8 Å². The van der Waals surface area contributed by atoms with Gasteiger partial charge in [-0.1, -0.05) is 146 Å². The maximum absolute atomic E-state index is 11.3. The fourth-order valence-corrected chi connectivity index (χ4v) is 7.68. The fraction of sp³-hybridized carbons (Fsp3) is 0.450. The topological polar surface area (TPSA) is 134 Å². The van der Waals surface area contributed by atoms with Crippen LogP contribution in [0.3, 0.4) is 0 Å². The van der Waals surface area contributed by atoms with Crippen LogP contribution in [0.2, 0.25) is 0 Å². The van der Waals surface area contributed by atoms with Gasteiger partial charge >= 0.3 is 15.6 Å². The molecule has 0 saturated carbocycles. The van der Waals surface area contributed by atoms with Gasteiger partial charge in [0, 0.05) is 0 Å². The summed E-state index contributed by atoms with van der Waals surface area (Å²) >= 11 is 0. The van der Waals surface area contributed by atoms with E-state index in [1.807, 2.05) is 65.8 Å². The second-order valence-electron chi connectivity index (χ2n) is 14.8. The van der Waals surface area contributed by atoms with Crippen molar-refractivity contribution in [3.05, 3.63) is 130 Å². The maximum atomic E-state index is 11.3. The van der Waals surface area contributed by atoms with E-state index in [0.29, 0.717) is 25.7 Å². The van der Waals surface area contributed by atoms with E-state index in [2.05, 4.69) is 88.5 Å². The monoisotopic (exact) mass is 728 g/mol. The van der Waals surface area contributed by atoms with Gasteiger partial charge < -0.3 is 19.6 Å². The minimum absolute atomic E-state index is 0.260. The van der Waals surface area contributed by atoms with E-state index in [-0.39, 0.29) is 10.8 Å². The Balaban J connectivity index is 1.94. The molecule has 2 aliphatic rings. The summed E-state index contributed by atoms with van der Waals surface area (Å²) in [5, 5.41) is 0. The highest BCUT2D eigenvalue weighted by atomic mass is 31.2. The predicted molar refractivity (Wildman–Crippen MR) is 206 cm³/mol. The molecule has 0 saturated heterocycles. The SMILES string of the molecule is CC1=C(/C=C/C(C)=C/C=C/C(C)=C/C=C/C=C(C)/C=C/C=C(C)/C=C/C2=C(C)CC(OP(=O)(O)O)CC2(C)C)C(C)(C)CC(OP(=O)(O)O)C1. The van der Waals surface area contributed by atoms with E-state index in [1.165, 1.54) is 11.1 Å². The summed E-state index contributed by atoms with van der Waals surface area (Å²) in [5.74, 6) is 0. The second-order valence-corrected chi connectivity index (χ2v) is 17.2. The van der Waals surface area contributed by atoms with Gasteiger partial charge in [0.15, 0.2) is 0 Å². The van der Waals surface area contributed by atoms with Gasteiger partial charge in [0.25, 0.3) is 0 Å². The minimum Gasteiger partial charge on any atom is -0.303 e. The third-order valence-corrected chi connectivity index (χ3v) is 9.93. The molecule has 0 fully saturated rings. The quantitative estimate of drug-likeness (QED) is 0.103. The van der Waals surface area contributed by atoms with Crippen molar-refractivity contribution in [2.24, 2.45) is 10.8 Å². The van der Waals surface area contributed by atoms with Crippen LogP contribution < -0.4 is 0 Å². The second kappa shape index (κ2) is 18.7. The molecule has 2 unspecified atom stereocenters. The van der Waals surface area contributed by atoms with Crippen LogP contribution in [-0.2, 0) is 18.2 Å². The molecule has 0 aromatic carbocycles. The van der Waals surface area contributed by atoms with E-state index in [1.54, 1.807) is 0 Å². The highest BCUT2D eigenvalue weighted by Gasteiger charge is 2.37. The van der Waals surface area contributed by atoms with Gasteiger partial charge in [-0.05, 0) is 89.2 Å². The van der Waals surface area contributed by atoms with Crippen molar-refractivity contribution in [3.8, 4) is 0 Å². The molecule has 0 aromatic rings. The molecule has 8 nitrogen and oxygen atoms in total. The Hall–Kier alpha value is -2.64. The van der Waals surface area contributed by atoms with E-state index in [4.69, 9.17) is 9.05 Å². The van der Waals surface area contributed by atoms with Crippen molar-refractivity contribution in [1.29, 1.82) is 0 Å². The third-order valence-electron chi connectivity index (χ3n) is 8.79. The number of rotatable bonds is 14. The molecule has 0 spiro atoms. The van der Waals surface area contributed by atoms with Gasteiger partial charge in [0.1, 0.15) is 0 Å². The average Bonchev–Trinajstić information content (AvgIpc) is 2.91. The first-order valence-corrected chi connectivity index (χ1v) is 20.0. The summed E-state index contributed by atoms with van der Waals surface area (Å²) in [6.45, 7) is 20.5. The average molecular weight is 729 g/mol. The molecule has 4 N–H and O–H groups in total. The zero-order valence-corrected chi connectivity index (χ0v) is 33.2. The largest absolute Gasteiger partial charge is 0.469 e. The molecule has 2 aliphatic carbocycles. The van der Waals surface area contributed by atoms with E-state index in [9.17, 15) is 28.7 Å². The molecule has 0 amide bonds. The van der Waals surface area contributed by atoms with Gasteiger partial charge in [-0.15, -0.1) is 0 Å². The summed E-state index contributed by atoms with van der Waals surface area (Å²) in [5.41, 5.74) is 8.38. The lowest BCUT2D eigenvalue weighted by molar-refractivity contribution is 0.0942. The van der Waals surface area contributed by atoms with E-state index >= 15 is 0 Å². The van der Waals surface area contributed by atoms with Crippen LogP contribution in [-0.4, -0.2) is 31.8 Å². The zero-order valence-electron chi connectivity index (χ0n) is 31.4. The van der Waals surface area contributed by atoms with Crippen LogP contribution in [0.25, 0.3) is 0 Å². The number of allylic oxidation sites excluding steroid dienone is 20. The van der Waals surface area contributed by atoms with Crippen LogP contribution >= 0.6 is 15.6 Å². The highest BCUT2D eigenvalue weighted by Crippen LogP contribution is 2.49. The molecule has 0 aromatic heterocycles. The number of hydrogen-bond donors (Lipinski definition) is 4. The Morgan fingerprint density at radius 2 is 0.880 bits per heavy atom. The number of hydrogen-bond acceptors (Lipinski definition) is 4. The zero-order chi connectivity index (χ0) is 37.9. The summed E-state index contributed by atoms with van der Waals surface area (Å²) in [6.07, 6.45) is 29.8. The molecule has 0 aliphatic heterocycles. The van der Waals surface area contributed by atoms with Gasteiger partial charge in [-0.25, -0.2) is 9.13 Å². The lowest BCUT2D eigenvalue weighted by Gasteiger charge is -2.37. The van der Waals surface area contributed by atoms with Crippen LogP contribution in [0.1, 0.15) is 94.9 Å². The Labute approximate surface area is 300 Å². The normalized spacial score (nSPS) is 23.6. The lowest BCUT2D eigenvalue weighted by Crippen LogP contribution is -2.29. The Morgan fingerprint density at radius 1 is 0.580 bits per heavy atom. The summed E-state index contributed by atoms with van der Waals surface area (Å²) in [7, 11) is -9.03. The molecule has 10 heteroatoms. The van der Waals surface area contributed by atoms with E-state index < -0.39 is 27.9 Å². The number of phosphoric acid groups is 2. The Kier molecular flexibility index (Phi) is 16.3. The highest BCUT2D eigenvalue weighted by molar-refractivity contribution is 7.46. The Bertz CT molecular complexity index is 1540. The van der Waals surface area contributed by atoms with Gasteiger partial charge in [-0.3, -0.25) is 9.05 Å². The van der Waals surface area contributed by atoms with Gasteiger partial charge in [0.05, 0.1) is 12.2 Å². The fourth-order valence-electron chi connectivity index (χ4n) is 6.60. The van der Waals surface area contributed by atoms with Crippen molar-refractivity contribution in [3.63, 3.8) is 0 Å². The first-order valence-electron chi connectivity index (χ1n) is 16.9. The van der Waals surface area contributed by atoms with Crippen molar-refractivity contribution in [2.75, 3.05) is 0 Å². The molecule has 2 rings (SSSR count). The lowest BCUT2D eigenvalue weighted by atomic mass is 9.71. The van der Waals surface area contributed by atoms with Crippen LogP contribution in [0.4, 0.5) is 0 Å². The molecule has 0 bridgehead atoms. The first kappa shape index (κ1) is 43.5. The molecule has 50 heavy (non-hydrogen) atoms.